The molecule has 0 spiro atoms. The van der Waals surface area contributed by atoms with Gasteiger partial charge in [-0.1, -0.05) is 12.1 Å². The molecule has 5 aromatic rings. The Labute approximate surface area is 226 Å². The number of hydrogen-bond acceptors (Lipinski definition) is 5. The summed E-state index contributed by atoms with van der Waals surface area (Å²) >= 11 is 0. The molecular weight excluding hydrogens is 518 g/mol. The number of fused-ring (bicyclic) bond motifs is 1. The number of carbonyl (C=O) groups is 2. The number of hydrogen-bond donors (Lipinski definition) is 2. The Morgan fingerprint density at radius 2 is 1.75 bits per heavy atom. The average Bonchev–Trinajstić information content (AvgIpc) is 2.95. The van der Waals surface area contributed by atoms with Gasteiger partial charge in [0.25, 0.3) is 11.8 Å². The Balaban J connectivity index is 1.67. The molecule has 5 rings (SSSR count). The van der Waals surface area contributed by atoms with Crippen molar-refractivity contribution in [3.05, 3.63) is 118 Å². The molecule has 0 saturated carbocycles. The van der Waals surface area contributed by atoms with Gasteiger partial charge in [0, 0.05) is 35.4 Å². The van der Waals surface area contributed by atoms with E-state index >= 15 is 4.39 Å². The van der Waals surface area contributed by atoms with E-state index in [9.17, 15) is 18.8 Å². The smallest absolute Gasteiger partial charge is 0.270 e. The number of para-hydroxylation sites is 1. The zero-order chi connectivity index (χ0) is 28.4. The molecule has 8 nitrogen and oxygen atoms in total. The van der Waals surface area contributed by atoms with Crippen molar-refractivity contribution in [3.63, 3.8) is 0 Å². The normalized spacial score (nSPS) is 10.9. The van der Waals surface area contributed by atoms with Gasteiger partial charge in [-0.3, -0.25) is 19.4 Å². The predicted molar refractivity (Wildman–Crippen MR) is 146 cm³/mol. The van der Waals surface area contributed by atoms with Gasteiger partial charge < -0.3 is 20.4 Å². The average molecular weight is 541 g/mol. The van der Waals surface area contributed by atoms with Gasteiger partial charge in [-0.25, -0.2) is 8.78 Å². The summed E-state index contributed by atoms with van der Waals surface area (Å²) in [6, 6.07) is 18.7. The molecule has 2 amide bonds. The van der Waals surface area contributed by atoms with Crippen molar-refractivity contribution in [2.45, 2.75) is 6.92 Å². The number of ether oxygens (including phenoxy) is 1. The minimum Gasteiger partial charge on any atom is -0.454 e. The number of aromatic nitrogens is 2. The van der Waals surface area contributed by atoms with Crippen LogP contribution in [0.2, 0.25) is 0 Å². The number of rotatable bonds is 7. The van der Waals surface area contributed by atoms with Crippen molar-refractivity contribution in [3.8, 4) is 28.4 Å². The third kappa shape index (κ3) is 4.90. The predicted octanol–water partition coefficient (Wildman–Crippen LogP) is 4.97. The van der Waals surface area contributed by atoms with Crippen LogP contribution < -0.4 is 21.2 Å². The first-order chi connectivity index (χ1) is 19.3. The summed E-state index contributed by atoms with van der Waals surface area (Å²) < 4.78 is 36.5. The van der Waals surface area contributed by atoms with E-state index in [1.165, 1.54) is 54.7 Å². The van der Waals surface area contributed by atoms with Gasteiger partial charge in [0.2, 0.25) is 5.43 Å². The van der Waals surface area contributed by atoms with Crippen LogP contribution in [0.1, 0.15) is 27.8 Å². The van der Waals surface area contributed by atoms with E-state index in [4.69, 9.17) is 10.5 Å². The SMILES string of the molecule is CCNC(=O)c1cc(Oc2ccc(-c3c(C(N)=O)c(=O)c4ccccc4n3-c3ccc(F)cc3)cc2F)ccn1. The highest BCUT2D eigenvalue weighted by Gasteiger charge is 2.24. The van der Waals surface area contributed by atoms with E-state index in [1.807, 2.05) is 0 Å². The fourth-order valence-corrected chi connectivity index (χ4v) is 4.40. The van der Waals surface area contributed by atoms with E-state index in [1.54, 1.807) is 35.8 Å². The van der Waals surface area contributed by atoms with E-state index in [2.05, 4.69) is 10.3 Å². The molecule has 0 aliphatic rings. The van der Waals surface area contributed by atoms with E-state index in [0.717, 1.165) is 6.07 Å². The Kier molecular flexibility index (Phi) is 7.07. The summed E-state index contributed by atoms with van der Waals surface area (Å²) in [6.07, 6.45) is 1.36. The van der Waals surface area contributed by atoms with Gasteiger partial charge in [-0.05, 0) is 67.6 Å². The lowest BCUT2D eigenvalue weighted by molar-refractivity contribution is 0.0949. The summed E-state index contributed by atoms with van der Waals surface area (Å²) in [7, 11) is 0. The van der Waals surface area contributed by atoms with Crippen LogP contribution >= 0.6 is 0 Å². The number of nitrogens with two attached hydrogens (primary N) is 1. The molecule has 10 heteroatoms. The molecule has 0 aliphatic carbocycles. The Morgan fingerprint density at radius 1 is 1.00 bits per heavy atom. The molecule has 0 aliphatic heterocycles. The van der Waals surface area contributed by atoms with Gasteiger partial charge in [0.15, 0.2) is 11.6 Å². The third-order valence-electron chi connectivity index (χ3n) is 6.14. The number of primary amides is 1. The molecule has 40 heavy (non-hydrogen) atoms. The zero-order valence-electron chi connectivity index (χ0n) is 21.2. The van der Waals surface area contributed by atoms with Crippen LogP contribution in [-0.4, -0.2) is 27.9 Å². The van der Waals surface area contributed by atoms with Gasteiger partial charge in [0.1, 0.15) is 22.8 Å². The molecule has 2 aromatic heterocycles. The number of pyridine rings is 2. The topological polar surface area (TPSA) is 116 Å². The highest BCUT2D eigenvalue weighted by Crippen LogP contribution is 2.33. The molecule has 3 aromatic carbocycles. The summed E-state index contributed by atoms with van der Waals surface area (Å²) in [6.45, 7) is 2.18. The lowest BCUT2D eigenvalue weighted by Gasteiger charge is -2.20. The third-order valence-corrected chi connectivity index (χ3v) is 6.14. The van der Waals surface area contributed by atoms with Crippen LogP contribution in [0.25, 0.3) is 27.8 Å². The number of benzene rings is 3. The van der Waals surface area contributed by atoms with E-state index in [0.29, 0.717) is 17.7 Å². The molecule has 0 unspecified atom stereocenters. The van der Waals surface area contributed by atoms with Gasteiger partial charge >= 0.3 is 0 Å². The summed E-state index contributed by atoms with van der Waals surface area (Å²) in [5, 5.41) is 2.84. The summed E-state index contributed by atoms with van der Waals surface area (Å²) in [5.74, 6) is -2.70. The van der Waals surface area contributed by atoms with Crippen molar-refractivity contribution < 1.29 is 23.1 Å². The van der Waals surface area contributed by atoms with Crippen LogP contribution in [0.5, 0.6) is 11.5 Å². The highest BCUT2D eigenvalue weighted by molar-refractivity contribution is 6.03. The lowest BCUT2D eigenvalue weighted by atomic mass is 10.00. The van der Waals surface area contributed by atoms with Gasteiger partial charge in [0.05, 0.1) is 11.2 Å². The van der Waals surface area contributed by atoms with Gasteiger partial charge in [-0.15, -0.1) is 0 Å². The monoisotopic (exact) mass is 540 g/mol. The Hall–Kier alpha value is -5.38. The first-order valence-corrected chi connectivity index (χ1v) is 12.2. The molecule has 0 saturated heterocycles. The second-order valence-corrected chi connectivity index (χ2v) is 8.73. The zero-order valence-corrected chi connectivity index (χ0v) is 21.2. The number of amides is 2. The van der Waals surface area contributed by atoms with Crippen LogP contribution in [0.15, 0.2) is 89.9 Å². The lowest BCUT2D eigenvalue weighted by Crippen LogP contribution is -2.26. The fourth-order valence-electron chi connectivity index (χ4n) is 4.40. The first kappa shape index (κ1) is 26.2. The molecule has 3 N–H and O–H groups in total. The van der Waals surface area contributed by atoms with Crippen molar-refractivity contribution >= 4 is 22.7 Å². The molecule has 0 atom stereocenters. The maximum atomic E-state index is 15.5. The first-order valence-electron chi connectivity index (χ1n) is 12.2. The van der Waals surface area contributed by atoms with Gasteiger partial charge in [-0.2, -0.15) is 0 Å². The number of nitrogens with one attached hydrogen (secondary N) is 1. The maximum Gasteiger partial charge on any atom is 0.270 e. The van der Waals surface area contributed by atoms with Crippen molar-refractivity contribution in [1.29, 1.82) is 0 Å². The van der Waals surface area contributed by atoms with Crippen LogP contribution in [-0.2, 0) is 0 Å². The fraction of sp³-hybridized carbons (Fsp3) is 0.0667. The number of nitrogens with zero attached hydrogens (tertiary/aromatic N) is 2. The van der Waals surface area contributed by atoms with Crippen molar-refractivity contribution in [2.24, 2.45) is 5.73 Å². The summed E-state index contributed by atoms with van der Waals surface area (Å²) in [5.41, 5.74) is 5.83. The molecule has 200 valence electrons. The van der Waals surface area contributed by atoms with E-state index in [-0.39, 0.29) is 39.4 Å². The Bertz CT molecular complexity index is 1840. The molecule has 0 radical (unpaired) electrons. The summed E-state index contributed by atoms with van der Waals surface area (Å²) in [4.78, 5) is 42.1. The largest absolute Gasteiger partial charge is 0.454 e. The van der Waals surface area contributed by atoms with Crippen LogP contribution in [0.4, 0.5) is 8.78 Å². The second kappa shape index (κ2) is 10.8. The second-order valence-electron chi connectivity index (χ2n) is 8.73. The highest BCUT2D eigenvalue weighted by atomic mass is 19.1. The van der Waals surface area contributed by atoms with Crippen LogP contribution in [0.3, 0.4) is 0 Å². The minimum atomic E-state index is -1.00. The standard InChI is InChI=1S/C30H22F2N4O4/c1-2-34-30(39)23-16-20(13-14-35-23)40-25-12-7-17(15-22(25)32)27-26(29(33)38)28(37)21-5-3-4-6-24(21)36(27)19-10-8-18(31)9-11-19/h3-16H,2H2,1H3,(H2,33,38)(H,34,39). The van der Waals surface area contributed by atoms with E-state index < -0.39 is 28.9 Å². The molecule has 0 bridgehead atoms. The quantitative estimate of drug-likeness (QED) is 0.302. The van der Waals surface area contributed by atoms with Crippen LogP contribution in [0, 0.1) is 11.6 Å². The number of carbonyl (C=O) groups excluding carboxylic acids is 2. The molecular formula is C30H22F2N4O4. The van der Waals surface area contributed by atoms with Crippen molar-refractivity contribution in [2.75, 3.05) is 6.54 Å². The number of halogens is 2. The van der Waals surface area contributed by atoms with Crippen molar-refractivity contribution in [1.82, 2.24) is 14.9 Å². The minimum absolute atomic E-state index is 0.0377. The maximum absolute atomic E-state index is 15.5. The molecule has 2 heterocycles. The molecule has 0 fully saturated rings. The Morgan fingerprint density at radius 3 is 2.45 bits per heavy atom.